The van der Waals surface area contributed by atoms with Crippen LogP contribution in [0.5, 0.6) is 11.5 Å². The van der Waals surface area contributed by atoms with E-state index in [1.54, 1.807) is 31.2 Å². The molecule has 4 nitrogen and oxygen atoms in total. The van der Waals surface area contributed by atoms with Gasteiger partial charge in [-0.05, 0) is 42.8 Å². The summed E-state index contributed by atoms with van der Waals surface area (Å²) in [6.45, 7) is 1.90. The summed E-state index contributed by atoms with van der Waals surface area (Å²) in [6.07, 6.45) is -0.795. The van der Waals surface area contributed by atoms with Gasteiger partial charge in [-0.2, -0.15) is 0 Å². The first-order valence-corrected chi connectivity index (χ1v) is 6.60. The fraction of sp³-hybridized carbons (Fsp3) is 0.250. The van der Waals surface area contributed by atoms with Crippen LogP contribution in [0, 0.1) is 12.7 Å². The predicted octanol–water partition coefficient (Wildman–Crippen LogP) is 2.54. The zero-order chi connectivity index (χ0) is 15.2. The second kappa shape index (κ2) is 6.95. The Labute approximate surface area is 122 Å². The Morgan fingerprint density at radius 1 is 1.14 bits per heavy atom. The number of rotatable bonds is 6. The van der Waals surface area contributed by atoms with Crippen LogP contribution in [-0.2, 0) is 0 Å². The van der Waals surface area contributed by atoms with Crippen molar-refractivity contribution in [3.63, 3.8) is 0 Å². The van der Waals surface area contributed by atoms with E-state index in [4.69, 9.17) is 15.2 Å². The number of halogens is 1. The predicted molar refractivity (Wildman–Crippen MR) is 79.0 cm³/mol. The average molecular weight is 291 g/mol. The maximum atomic E-state index is 13.0. The first-order valence-electron chi connectivity index (χ1n) is 6.60. The van der Waals surface area contributed by atoms with Crippen LogP contribution < -0.4 is 15.2 Å². The molecule has 0 aromatic heterocycles. The minimum Gasteiger partial charge on any atom is -0.491 e. The first-order chi connectivity index (χ1) is 10.0. The molecule has 0 bridgehead atoms. The van der Waals surface area contributed by atoms with Crippen molar-refractivity contribution >= 4 is 5.69 Å². The van der Waals surface area contributed by atoms with Crippen LogP contribution >= 0.6 is 0 Å². The third-order valence-electron chi connectivity index (χ3n) is 2.87. The molecule has 3 N–H and O–H groups in total. The van der Waals surface area contributed by atoms with Crippen LogP contribution in [-0.4, -0.2) is 24.4 Å². The number of nitrogen functional groups attached to an aromatic ring is 1. The summed E-state index contributed by atoms with van der Waals surface area (Å²) < 4.78 is 23.8. The molecule has 0 aliphatic heterocycles. The summed E-state index contributed by atoms with van der Waals surface area (Å²) in [7, 11) is 0. The van der Waals surface area contributed by atoms with E-state index in [0.29, 0.717) is 22.7 Å². The highest BCUT2D eigenvalue weighted by molar-refractivity contribution is 5.43. The number of ether oxygens (including phenoxy) is 2. The van der Waals surface area contributed by atoms with Gasteiger partial charge in [0.1, 0.15) is 36.6 Å². The second-order valence-electron chi connectivity index (χ2n) is 4.76. The summed E-state index contributed by atoms with van der Waals surface area (Å²) >= 11 is 0. The number of aliphatic hydroxyl groups is 1. The largest absolute Gasteiger partial charge is 0.491 e. The third kappa shape index (κ3) is 4.65. The van der Waals surface area contributed by atoms with Gasteiger partial charge >= 0.3 is 0 Å². The standard InChI is InChI=1S/C16H18FNO3/c1-11-7-12(17)5-6-16(11)21-10-14(19)9-20-15-4-2-3-13(18)8-15/h2-8,14,19H,9-10,18H2,1H3. The summed E-state index contributed by atoms with van der Waals surface area (Å²) in [5.74, 6) is 0.816. The third-order valence-corrected chi connectivity index (χ3v) is 2.87. The highest BCUT2D eigenvalue weighted by Crippen LogP contribution is 2.19. The molecule has 1 atom stereocenters. The molecule has 0 spiro atoms. The molecule has 21 heavy (non-hydrogen) atoms. The van der Waals surface area contributed by atoms with Crippen molar-refractivity contribution in [2.24, 2.45) is 0 Å². The Morgan fingerprint density at radius 2 is 1.90 bits per heavy atom. The Hall–Kier alpha value is -2.27. The molecule has 0 saturated heterocycles. The lowest BCUT2D eigenvalue weighted by molar-refractivity contribution is 0.0624. The zero-order valence-corrected chi connectivity index (χ0v) is 11.8. The Morgan fingerprint density at radius 3 is 2.62 bits per heavy atom. The molecule has 2 rings (SSSR count). The van der Waals surface area contributed by atoms with Crippen LogP contribution in [0.2, 0.25) is 0 Å². The van der Waals surface area contributed by atoms with Gasteiger partial charge in [0.05, 0.1) is 0 Å². The molecule has 0 heterocycles. The Kier molecular flexibility index (Phi) is 5.00. The minimum absolute atomic E-state index is 0.0643. The molecule has 0 saturated carbocycles. The van der Waals surface area contributed by atoms with Gasteiger partial charge in [-0.1, -0.05) is 6.07 Å². The van der Waals surface area contributed by atoms with Gasteiger partial charge < -0.3 is 20.3 Å². The van der Waals surface area contributed by atoms with E-state index < -0.39 is 6.10 Å². The van der Waals surface area contributed by atoms with Gasteiger partial charge in [0, 0.05) is 11.8 Å². The molecule has 0 aliphatic carbocycles. The van der Waals surface area contributed by atoms with E-state index in [-0.39, 0.29) is 19.0 Å². The van der Waals surface area contributed by atoms with Crippen LogP contribution in [0.4, 0.5) is 10.1 Å². The monoisotopic (exact) mass is 291 g/mol. The van der Waals surface area contributed by atoms with Crippen molar-refractivity contribution in [3.8, 4) is 11.5 Å². The molecule has 0 amide bonds. The van der Waals surface area contributed by atoms with Crippen molar-refractivity contribution in [3.05, 3.63) is 53.8 Å². The number of hydrogen-bond acceptors (Lipinski definition) is 4. The number of hydrogen-bond donors (Lipinski definition) is 2. The maximum Gasteiger partial charge on any atom is 0.123 e. The highest BCUT2D eigenvalue weighted by Gasteiger charge is 2.08. The van der Waals surface area contributed by atoms with Crippen LogP contribution in [0.25, 0.3) is 0 Å². The van der Waals surface area contributed by atoms with Gasteiger partial charge in [-0.15, -0.1) is 0 Å². The number of nitrogens with two attached hydrogens (primary N) is 1. The molecule has 1 unspecified atom stereocenters. The Bertz CT molecular complexity index is 604. The molecule has 0 radical (unpaired) electrons. The summed E-state index contributed by atoms with van der Waals surface area (Å²) in [6, 6.07) is 11.2. The fourth-order valence-electron chi connectivity index (χ4n) is 1.81. The van der Waals surface area contributed by atoms with Crippen LogP contribution in [0.1, 0.15) is 5.56 Å². The van der Waals surface area contributed by atoms with Gasteiger partial charge in [0.15, 0.2) is 0 Å². The molecule has 112 valence electrons. The van der Waals surface area contributed by atoms with Crippen molar-refractivity contribution in [1.82, 2.24) is 0 Å². The molecular weight excluding hydrogens is 273 g/mol. The lowest BCUT2D eigenvalue weighted by Gasteiger charge is -2.15. The van der Waals surface area contributed by atoms with E-state index in [1.165, 1.54) is 18.2 Å². The van der Waals surface area contributed by atoms with Gasteiger partial charge in [-0.3, -0.25) is 0 Å². The average Bonchev–Trinajstić information content (AvgIpc) is 2.44. The molecule has 2 aromatic carbocycles. The van der Waals surface area contributed by atoms with Crippen molar-refractivity contribution in [2.75, 3.05) is 18.9 Å². The zero-order valence-electron chi connectivity index (χ0n) is 11.8. The second-order valence-corrected chi connectivity index (χ2v) is 4.76. The SMILES string of the molecule is Cc1cc(F)ccc1OCC(O)COc1cccc(N)c1. The van der Waals surface area contributed by atoms with Gasteiger partial charge in [0.2, 0.25) is 0 Å². The topological polar surface area (TPSA) is 64.7 Å². The number of aliphatic hydroxyl groups excluding tert-OH is 1. The number of anilines is 1. The smallest absolute Gasteiger partial charge is 0.123 e. The van der Waals surface area contributed by atoms with E-state index >= 15 is 0 Å². The molecule has 0 aliphatic rings. The summed E-state index contributed by atoms with van der Waals surface area (Å²) in [4.78, 5) is 0. The normalized spacial score (nSPS) is 12.0. The molecule has 5 heteroatoms. The van der Waals surface area contributed by atoms with E-state index in [0.717, 1.165) is 0 Å². The first kappa shape index (κ1) is 15.1. The van der Waals surface area contributed by atoms with Crippen molar-refractivity contribution < 1.29 is 19.0 Å². The number of benzene rings is 2. The highest BCUT2D eigenvalue weighted by atomic mass is 19.1. The summed E-state index contributed by atoms with van der Waals surface area (Å²) in [5.41, 5.74) is 6.91. The number of aryl methyl sites for hydroxylation is 1. The van der Waals surface area contributed by atoms with E-state index in [1.807, 2.05) is 0 Å². The maximum absolute atomic E-state index is 13.0. The van der Waals surface area contributed by atoms with Gasteiger partial charge in [0.25, 0.3) is 0 Å². The summed E-state index contributed by atoms with van der Waals surface area (Å²) in [5, 5.41) is 9.83. The van der Waals surface area contributed by atoms with Gasteiger partial charge in [-0.25, -0.2) is 4.39 Å². The molecule has 0 fully saturated rings. The Balaban J connectivity index is 1.80. The minimum atomic E-state index is -0.795. The lowest BCUT2D eigenvalue weighted by Crippen LogP contribution is -2.25. The lowest BCUT2D eigenvalue weighted by atomic mass is 10.2. The van der Waals surface area contributed by atoms with Crippen molar-refractivity contribution in [2.45, 2.75) is 13.0 Å². The fourth-order valence-corrected chi connectivity index (χ4v) is 1.81. The van der Waals surface area contributed by atoms with E-state index in [9.17, 15) is 9.50 Å². The molecule has 2 aromatic rings. The quantitative estimate of drug-likeness (QED) is 0.803. The van der Waals surface area contributed by atoms with Crippen molar-refractivity contribution in [1.29, 1.82) is 0 Å². The van der Waals surface area contributed by atoms with Crippen LogP contribution in [0.15, 0.2) is 42.5 Å². The van der Waals surface area contributed by atoms with Crippen LogP contribution in [0.3, 0.4) is 0 Å². The molecular formula is C16H18FNO3. The van der Waals surface area contributed by atoms with E-state index in [2.05, 4.69) is 0 Å².